The highest BCUT2D eigenvalue weighted by atomic mass is 19.4. The summed E-state index contributed by atoms with van der Waals surface area (Å²) >= 11 is 0. The minimum atomic E-state index is -6.05. The van der Waals surface area contributed by atoms with Crippen LogP contribution in [0, 0.1) is 6.92 Å². The Bertz CT molecular complexity index is 1160. The molecule has 0 aliphatic rings. The van der Waals surface area contributed by atoms with Gasteiger partial charge in [-0.25, -0.2) is 13.8 Å². The van der Waals surface area contributed by atoms with E-state index in [9.17, 15) is 35.5 Å². The Kier molecular flexibility index (Phi) is 7.13. The van der Waals surface area contributed by atoms with Gasteiger partial charge < -0.3 is 10.6 Å². The van der Waals surface area contributed by atoms with Crippen molar-refractivity contribution in [1.29, 1.82) is 0 Å². The van der Waals surface area contributed by atoms with Gasteiger partial charge in [0.25, 0.3) is 6.43 Å². The van der Waals surface area contributed by atoms with Gasteiger partial charge in [-0.1, -0.05) is 48.5 Å². The normalized spacial score (nSPS) is 12.0. The van der Waals surface area contributed by atoms with Crippen molar-refractivity contribution >= 4 is 17.4 Å². The molecule has 0 unspecified atom stereocenters. The lowest BCUT2D eigenvalue weighted by molar-refractivity contribution is -0.267. The number of hydrogen-bond donors (Lipinski definition) is 2. The molecule has 1 aromatic heterocycles. The second kappa shape index (κ2) is 9.70. The van der Waals surface area contributed by atoms with E-state index in [4.69, 9.17) is 0 Å². The molecule has 0 saturated heterocycles. The number of aryl methyl sites for hydroxylation is 1. The smallest absolute Gasteiger partial charge is 0.364 e. The van der Waals surface area contributed by atoms with Crippen LogP contribution in [0.1, 0.15) is 23.1 Å². The first-order valence-corrected chi connectivity index (χ1v) is 9.83. The quantitative estimate of drug-likeness (QED) is 0.365. The van der Waals surface area contributed by atoms with E-state index in [0.29, 0.717) is 16.7 Å². The molecule has 0 fully saturated rings. The van der Waals surface area contributed by atoms with E-state index in [1.165, 1.54) is 31.3 Å². The molecule has 1 amide bonds. The van der Waals surface area contributed by atoms with Crippen LogP contribution in [0.25, 0.3) is 11.1 Å². The molecule has 11 heteroatoms. The molecule has 3 rings (SSSR count). The third kappa shape index (κ3) is 5.29. The van der Waals surface area contributed by atoms with E-state index in [0.717, 1.165) is 0 Å². The van der Waals surface area contributed by atoms with Gasteiger partial charge in [0.1, 0.15) is 5.82 Å². The fraction of sp³-hybridized carbons (Fsp3) is 0.217. The predicted molar refractivity (Wildman–Crippen MR) is 113 cm³/mol. The maximum atomic E-state index is 13.4. The molecule has 0 bridgehead atoms. The molecule has 4 nitrogen and oxygen atoms in total. The SMILES string of the molecule is Cc1ccnc(NCc2ccc(-c3ccccc3C(F)F)cc2)c1NC(=O)C(F)(F)C(F)(F)F. The molecule has 34 heavy (non-hydrogen) atoms. The number of alkyl halides is 7. The van der Waals surface area contributed by atoms with Crippen LogP contribution in [-0.4, -0.2) is 23.0 Å². The van der Waals surface area contributed by atoms with Gasteiger partial charge in [0.05, 0.1) is 5.69 Å². The van der Waals surface area contributed by atoms with Crippen LogP contribution < -0.4 is 10.6 Å². The van der Waals surface area contributed by atoms with Crippen molar-refractivity contribution in [2.75, 3.05) is 10.6 Å². The summed E-state index contributed by atoms with van der Waals surface area (Å²) in [6, 6.07) is 13.9. The summed E-state index contributed by atoms with van der Waals surface area (Å²) < 4.78 is 90.7. The van der Waals surface area contributed by atoms with E-state index in [1.807, 2.05) is 0 Å². The van der Waals surface area contributed by atoms with Crippen LogP contribution in [0.3, 0.4) is 0 Å². The number of anilines is 2. The zero-order chi connectivity index (χ0) is 25.1. The van der Waals surface area contributed by atoms with Crippen molar-refractivity contribution in [3.8, 4) is 11.1 Å². The summed E-state index contributed by atoms with van der Waals surface area (Å²) in [5.41, 5.74) is 1.33. The number of benzene rings is 2. The van der Waals surface area contributed by atoms with Crippen molar-refractivity contribution in [2.24, 2.45) is 0 Å². The standard InChI is InChI=1S/C23H18F7N3O/c1-13-10-11-31-20(18(13)33-21(34)22(26,27)23(28,29)30)32-12-14-6-8-15(9-7-14)16-4-2-3-5-17(16)19(24)25/h2-11,19H,12H2,1H3,(H,31,32)(H,33,34). The summed E-state index contributed by atoms with van der Waals surface area (Å²) in [5.74, 6) is -8.23. The van der Waals surface area contributed by atoms with Crippen LogP contribution >= 0.6 is 0 Å². The van der Waals surface area contributed by atoms with Crippen molar-refractivity contribution in [3.63, 3.8) is 0 Å². The molecule has 0 saturated carbocycles. The van der Waals surface area contributed by atoms with E-state index in [-0.39, 0.29) is 29.2 Å². The first kappa shape index (κ1) is 25.0. The first-order valence-electron chi connectivity index (χ1n) is 9.83. The van der Waals surface area contributed by atoms with Gasteiger partial charge in [0, 0.05) is 18.3 Å². The van der Waals surface area contributed by atoms with Gasteiger partial charge in [-0.3, -0.25) is 4.79 Å². The minimum absolute atomic E-state index is 0.0613. The number of hydrogen-bond acceptors (Lipinski definition) is 3. The van der Waals surface area contributed by atoms with Gasteiger partial charge in [-0.2, -0.15) is 22.0 Å². The average molecular weight is 485 g/mol. The second-order valence-electron chi connectivity index (χ2n) is 7.32. The van der Waals surface area contributed by atoms with Crippen molar-refractivity contribution in [3.05, 3.63) is 77.5 Å². The highest BCUT2D eigenvalue weighted by molar-refractivity contribution is 5.99. The van der Waals surface area contributed by atoms with Crippen LogP contribution in [0.5, 0.6) is 0 Å². The maximum Gasteiger partial charge on any atom is 0.463 e. The molecule has 1 heterocycles. The second-order valence-corrected chi connectivity index (χ2v) is 7.32. The van der Waals surface area contributed by atoms with Crippen molar-refractivity contribution in [2.45, 2.75) is 32.0 Å². The zero-order valence-corrected chi connectivity index (χ0v) is 17.6. The molecule has 0 radical (unpaired) electrons. The third-order valence-corrected chi connectivity index (χ3v) is 4.96. The van der Waals surface area contributed by atoms with Crippen LogP contribution in [0.4, 0.5) is 42.2 Å². The average Bonchev–Trinajstić information content (AvgIpc) is 2.79. The molecule has 2 aromatic carbocycles. The number of amides is 1. The monoisotopic (exact) mass is 485 g/mol. The Morgan fingerprint density at radius 3 is 2.24 bits per heavy atom. The summed E-state index contributed by atoms with van der Waals surface area (Å²) in [5, 5.41) is 4.39. The van der Waals surface area contributed by atoms with Gasteiger partial charge in [-0.15, -0.1) is 0 Å². The van der Waals surface area contributed by atoms with Gasteiger partial charge in [0.2, 0.25) is 0 Å². The van der Waals surface area contributed by atoms with Gasteiger partial charge >= 0.3 is 18.0 Å². The lowest BCUT2D eigenvalue weighted by Crippen LogP contribution is -2.47. The first-order chi connectivity index (χ1) is 15.9. The Morgan fingerprint density at radius 2 is 1.62 bits per heavy atom. The number of nitrogens with zero attached hydrogens (tertiary/aromatic N) is 1. The van der Waals surface area contributed by atoms with E-state index in [1.54, 1.807) is 41.7 Å². The number of pyridine rings is 1. The number of carbonyl (C=O) groups excluding carboxylic acids is 1. The highest BCUT2D eigenvalue weighted by Gasteiger charge is 2.63. The molecule has 2 N–H and O–H groups in total. The van der Waals surface area contributed by atoms with Gasteiger partial charge in [0.15, 0.2) is 0 Å². The Hall–Kier alpha value is -3.63. The fourth-order valence-corrected chi connectivity index (χ4v) is 3.11. The lowest BCUT2D eigenvalue weighted by atomic mass is 9.99. The molecule has 0 aliphatic heterocycles. The number of carbonyl (C=O) groups is 1. The van der Waals surface area contributed by atoms with E-state index in [2.05, 4.69) is 10.3 Å². The lowest BCUT2D eigenvalue weighted by Gasteiger charge is -2.20. The summed E-state index contributed by atoms with van der Waals surface area (Å²) in [6.45, 7) is 1.47. The summed E-state index contributed by atoms with van der Waals surface area (Å²) in [4.78, 5) is 15.5. The molecular formula is C23H18F7N3O. The number of aromatic nitrogens is 1. The molecule has 0 aliphatic carbocycles. The van der Waals surface area contributed by atoms with E-state index >= 15 is 0 Å². The molecule has 3 aromatic rings. The zero-order valence-electron chi connectivity index (χ0n) is 17.6. The van der Waals surface area contributed by atoms with Crippen LogP contribution in [-0.2, 0) is 11.3 Å². The van der Waals surface area contributed by atoms with Gasteiger partial charge in [-0.05, 0) is 35.2 Å². The number of rotatable bonds is 7. The van der Waals surface area contributed by atoms with Crippen molar-refractivity contribution in [1.82, 2.24) is 4.98 Å². The third-order valence-electron chi connectivity index (χ3n) is 4.96. The maximum absolute atomic E-state index is 13.4. The van der Waals surface area contributed by atoms with Crippen LogP contribution in [0.15, 0.2) is 60.8 Å². The molecule has 0 atom stereocenters. The topological polar surface area (TPSA) is 54.0 Å². The fourth-order valence-electron chi connectivity index (χ4n) is 3.11. The highest BCUT2D eigenvalue weighted by Crippen LogP contribution is 2.37. The molecule has 180 valence electrons. The summed E-state index contributed by atoms with van der Waals surface area (Å²) in [6.07, 6.45) is -7.41. The number of nitrogens with one attached hydrogen (secondary N) is 2. The molecule has 0 spiro atoms. The van der Waals surface area contributed by atoms with Crippen molar-refractivity contribution < 1.29 is 35.5 Å². The Labute approximate surface area is 189 Å². The Morgan fingerprint density at radius 1 is 0.971 bits per heavy atom. The molecular weight excluding hydrogens is 467 g/mol. The summed E-state index contributed by atoms with van der Waals surface area (Å²) in [7, 11) is 0. The largest absolute Gasteiger partial charge is 0.463 e. The van der Waals surface area contributed by atoms with E-state index < -0.39 is 24.4 Å². The Balaban J connectivity index is 1.77. The predicted octanol–water partition coefficient (Wildman–Crippen LogP) is 6.74. The minimum Gasteiger partial charge on any atom is -0.364 e. The number of halogens is 7. The van der Waals surface area contributed by atoms with Crippen LogP contribution in [0.2, 0.25) is 0 Å².